The van der Waals surface area contributed by atoms with Gasteiger partial charge in [-0.25, -0.2) is 4.79 Å². The van der Waals surface area contributed by atoms with Crippen molar-refractivity contribution >= 4 is 23.3 Å². The molecule has 7 nitrogen and oxygen atoms in total. The normalized spacial score (nSPS) is 26.7. The zero-order chi connectivity index (χ0) is 18.3. The average Bonchev–Trinajstić information content (AvgIpc) is 3.10. The van der Waals surface area contributed by atoms with Gasteiger partial charge in [-0.3, -0.25) is 0 Å². The fourth-order valence-corrected chi connectivity index (χ4v) is 4.69. The number of benzene rings is 1. The van der Waals surface area contributed by atoms with Crippen LogP contribution in [0, 0.1) is 17.2 Å². The van der Waals surface area contributed by atoms with Crippen LogP contribution in [0.3, 0.4) is 0 Å². The number of aromatic nitrogens is 3. The summed E-state index contributed by atoms with van der Waals surface area (Å²) in [5.41, 5.74) is 0.899. The number of carbonyl (C=O) groups excluding carboxylic acids is 1. The Bertz CT molecular complexity index is 876. The van der Waals surface area contributed by atoms with Crippen molar-refractivity contribution in [3.63, 3.8) is 0 Å². The lowest BCUT2D eigenvalue weighted by molar-refractivity contribution is -0.0864. The SMILES string of the molecule is C[C@H]1C[C@@H]2C[C@](CC#N)(C1)N2C(=O)Nc1ccc(Cl)c(-n2nccn2)c1. The van der Waals surface area contributed by atoms with Gasteiger partial charge in [0.1, 0.15) is 5.69 Å². The van der Waals surface area contributed by atoms with E-state index in [0.717, 1.165) is 19.3 Å². The Morgan fingerprint density at radius 3 is 2.92 bits per heavy atom. The van der Waals surface area contributed by atoms with Gasteiger partial charge in [-0.2, -0.15) is 20.3 Å². The van der Waals surface area contributed by atoms with Crippen LogP contribution in [0.25, 0.3) is 5.69 Å². The molecule has 2 aliphatic heterocycles. The Morgan fingerprint density at radius 2 is 2.19 bits per heavy atom. The number of fused-ring (bicyclic) bond motifs is 2. The van der Waals surface area contributed by atoms with Gasteiger partial charge >= 0.3 is 6.03 Å². The molecule has 1 N–H and O–H groups in total. The van der Waals surface area contributed by atoms with Crippen LogP contribution < -0.4 is 5.32 Å². The van der Waals surface area contributed by atoms with Crippen LogP contribution in [0.2, 0.25) is 5.02 Å². The van der Waals surface area contributed by atoms with Crippen molar-refractivity contribution in [2.24, 2.45) is 5.92 Å². The first-order valence-corrected chi connectivity index (χ1v) is 9.04. The quantitative estimate of drug-likeness (QED) is 0.894. The highest BCUT2D eigenvalue weighted by Gasteiger charge is 2.57. The van der Waals surface area contributed by atoms with Gasteiger partial charge in [0.15, 0.2) is 0 Å². The zero-order valence-corrected chi connectivity index (χ0v) is 15.1. The van der Waals surface area contributed by atoms with Gasteiger partial charge in [0.05, 0.1) is 35.4 Å². The van der Waals surface area contributed by atoms with E-state index in [4.69, 9.17) is 11.6 Å². The van der Waals surface area contributed by atoms with E-state index in [1.807, 2.05) is 4.90 Å². The summed E-state index contributed by atoms with van der Waals surface area (Å²) >= 11 is 6.22. The van der Waals surface area contributed by atoms with Crippen molar-refractivity contribution in [2.45, 2.75) is 44.2 Å². The number of halogens is 1. The summed E-state index contributed by atoms with van der Waals surface area (Å²) in [4.78, 5) is 16.2. The number of rotatable bonds is 3. The van der Waals surface area contributed by atoms with Crippen molar-refractivity contribution in [1.82, 2.24) is 19.9 Å². The van der Waals surface area contributed by atoms with Crippen LogP contribution in [0.5, 0.6) is 0 Å². The predicted octanol–water partition coefficient (Wildman–Crippen LogP) is 3.61. The average molecular weight is 371 g/mol. The van der Waals surface area contributed by atoms with E-state index >= 15 is 0 Å². The Kier molecular flexibility index (Phi) is 4.08. The maximum Gasteiger partial charge on any atom is 0.322 e. The summed E-state index contributed by atoms with van der Waals surface area (Å²) in [6, 6.07) is 7.52. The molecule has 3 fully saturated rings. The van der Waals surface area contributed by atoms with Gasteiger partial charge in [-0.05, 0) is 43.4 Å². The minimum atomic E-state index is -0.319. The van der Waals surface area contributed by atoms with Gasteiger partial charge in [0.2, 0.25) is 0 Å². The highest BCUT2D eigenvalue weighted by molar-refractivity contribution is 6.32. The van der Waals surface area contributed by atoms with Gasteiger partial charge in [0.25, 0.3) is 0 Å². The molecule has 3 atom stereocenters. The summed E-state index contributed by atoms with van der Waals surface area (Å²) in [7, 11) is 0. The van der Waals surface area contributed by atoms with Crippen LogP contribution in [0.4, 0.5) is 10.5 Å². The number of nitriles is 1. The summed E-state index contributed by atoms with van der Waals surface area (Å²) in [6.07, 6.45) is 6.30. The number of hydrogen-bond acceptors (Lipinski definition) is 4. The lowest BCUT2D eigenvalue weighted by Gasteiger charge is -2.62. The monoisotopic (exact) mass is 370 g/mol. The fourth-order valence-electron chi connectivity index (χ4n) is 4.50. The van der Waals surface area contributed by atoms with E-state index in [2.05, 4.69) is 28.5 Å². The van der Waals surface area contributed by atoms with Crippen LogP contribution in [0.1, 0.15) is 32.6 Å². The van der Waals surface area contributed by atoms with Crippen molar-refractivity contribution in [3.8, 4) is 11.8 Å². The van der Waals surface area contributed by atoms with Crippen molar-refractivity contribution < 1.29 is 4.79 Å². The molecule has 3 heterocycles. The van der Waals surface area contributed by atoms with E-state index in [9.17, 15) is 10.1 Å². The molecule has 2 aromatic rings. The van der Waals surface area contributed by atoms with E-state index in [1.165, 1.54) is 4.80 Å². The maximum atomic E-state index is 12.9. The second-order valence-corrected chi connectivity index (χ2v) is 7.65. The largest absolute Gasteiger partial charge is 0.322 e. The van der Waals surface area contributed by atoms with Crippen LogP contribution >= 0.6 is 11.6 Å². The number of piperidine rings is 1. The van der Waals surface area contributed by atoms with Gasteiger partial charge in [-0.15, -0.1) is 0 Å². The molecule has 2 saturated heterocycles. The lowest BCUT2D eigenvalue weighted by atomic mass is 9.63. The molecule has 1 aromatic carbocycles. The molecule has 0 radical (unpaired) electrons. The van der Waals surface area contributed by atoms with Gasteiger partial charge < -0.3 is 10.2 Å². The zero-order valence-electron chi connectivity index (χ0n) is 14.4. The molecule has 2 bridgehead atoms. The molecule has 8 heteroatoms. The molecule has 0 spiro atoms. The van der Waals surface area contributed by atoms with Crippen LogP contribution in [-0.4, -0.2) is 37.5 Å². The summed E-state index contributed by atoms with van der Waals surface area (Å²) in [5, 5.41) is 20.8. The third kappa shape index (κ3) is 2.71. The van der Waals surface area contributed by atoms with Crippen molar-refractivity contribution in [2.75, 3.05) is 5.32 Å². The topological polar surface area (TPSA) is 86.8 Å². The van der Waals surface area contributed by atoms with E-state index in [0.29, 0.717) is 28.7 Å². The van der Waals surface area contributed by atoms with Crippen LogP contribution in [0.15, 0.2) is 30.6 Å². The summed E-state index contributed by atoms with van der Waals surface area (Å²) in [6.45, 7) is 2.19. The molecule has 2 amide bonds. The third-order valence-electron chi connectivity index (χ3n) is 5.35. The fraction of sp³-hybridized carbons (Fsp3) is 0.444. The number of amides is 2. The first kappa shape index (κ1) is 16.9. The second-order valence-electron chi connectivity index (χ2n) is 7.25. The third-order valence-corrected chi connectivity index (χ3v) is 5.67. The van der Waals surface area contributed by atoms with Crippen molar-refractivity contribution in [3.05, 3.63) is 35.6 Å². The predicted molar refractivity (Wildman–Crippen MR) is 97.0 cm³/mol. The molecule has 0 unspecified atom stereocenters. The summed E-state index contributed by atoms with van der Waals surface area (Å²) in [5.74, 6) is 0.541. The second kappa shape index (κ2) is 6.29. The van der Waals surface area contributed by atoms with E-state index in [1.54, 1.807) is 30.6 Å². The summed E-state index contributed by atoms with van der Waals surface area (Å²) < 4.78 is 0. The Labute approximate surface area is 156 Å². The van der Waals surface area contributed by atoms with Gasteiger partial charge in [0, 0.05) is 11.7 Å². The first-order chi connectivity index (χ1) is 12.5. The number of hydrogen-bond donors (Lipinski definition) is 1. The standard InChI is InChI=1S/C18H19ClN6O/c1-12-8-14-11-18(10-12,4-5-20)24(14)17(26)23-13-2-3-15(19)16(9-13)25-21-6-7-22-25/h2-3,6-7,9,12,14H,4,8,10-11H2,1H3,(H,23,26)/t12-,14+,18-/m0/s1. The molecule has 1 saturated carbocycles. The van der Waals surface area contributed by atoms with Crippen LogP contribution in [-0.2, 0) is 0 Å². The minimum Gasteiger partial charge on any atom is -0.315 e. The number of urea groups is 1. The molecule has 134 valence electrons. The molecular formula is C18H19ClN6O. The Hall–Kier alpha value is -2.59. The van der Waals surface area contributed by atoms with E-state index < -0.39 is 0 Å². The molecule has 1 aromatic heterocycles. The highest BCUT2D eigenvalue weighted by atomic mass is 35.5. The Balaban J connectivity index is 1.56. The number of nitrogens with zero attached hydrogens (tertiary/aromatic N) is 5. The number of nitrogens with one attached hydrogen (secondary N) is 1. The molecule has 3 aliphatic rings. The molecular weight excluding hydrogens is 352 g/mol. The lowest BCUT2D eigenvalue weighted by Crippen LogP contribution is -2.72. The van der Waals surface area contributed by atoms with Gasteiger partial charge in [-0.1, -0.05) is 18.5 Å². The highest BCUT2D eigenvalue weighted by Crippen LogP contribution is 2.51. The Morgan fingerprint density at radius 1 is 1.42 bits per heavy atom. The van der Waals surface area contributed by atoms with Crippen molar-refractivity contribution in [1.29, 1.82) is 5.26 Å². The number of carbonyl (C=O) groups is 1. The minimum absolute atomic E-state index is 0.162. The van der Waals surface area contributed by atoms with E-state index in [-0.39, 0.29) is 17.6 Å². The molecule has 26 heavy (non-hydrogen) atoms. The smallest absolute Gasteiger partial charge is 0.315 e. The molecule has 5 rings (SSSR count). The first-order valence-electron chi connectivity index (χ1n) is 8.66. The maximum absolute atomic E-state index is 12.9. The number of anilines is 1. The molecule has 1 aliphatic carbocycles.